The second kappa shape index (κ2) is 8.52. The number of aromatic nitrogens is 2. The number of nitrogens with two attached hydrogens (primary N) is 1. The molecule has 30 heavy (non-hydrogen) atoms. The Hall–Kier alpha value is -3.43. The summed E-state index contributed by atoms with van der Waals surface area (Å²) in [6.45, 7) is 0. The molecule has 2 aromatic carbocycles. The first kappa shape index (κ1) is 19.9. The summed E-state index contributed by atoms with van der Waals surface area (Å²) in [6.07, 6.45) is 0.150. The first-order valence-electron chi connectivity index (χ1n) is 9.02. The van der Waals surface area contributed by atoms with Gasteiger partial charge in [0.1, 0.15) is 16.6 Å². The zero-order valence-corrected chi connectivity index (χ0v) is 17.2. The van der Waals surface area contributed by atoms with Crippen LogP contribution in [0, 0.1) is 0 Å². The van der Waals surface area contributed by atoms with Gasteiger partial charge in [-0.15, -0.1) is 16.4 Å². The van der Waals surface area contributed by atoms with Gasteiger partial charge in [-0.1, -0.05) is 53.0 Å². The van der Waals surface area contributed by atoms with Crippen LogP contribution in [-0.2, 0) is 16.0 Å². The topological polar surface area (TPSA) is 115 Å². The van der Waals surface area contributed by atoms with E-state index in [1.807, 2.05) is 60.0 Å². The van der Waals surface area contributed by atoms with Crippen molar-refractivity contribution >= 4 is 50.6 Å². The van der Waals surface area contributed by atoms with Crippen LogP contribution in [0.2, 0.25) is 0 Å². The number of carbonyl (C=O) groups excluding carboxylic acids is 3. The molecule has 0 fully saturated rings. The van der Waals surface area contributed by atoms with Crippen molar-refractivity contribution in [1.29, 1.82) is 0 Å². The number of hydrogen-bond acceptors (Lipinski definition) is 7. The van der Waals surface area contributed by atoms with E-state index in [-0.39, 0.29) is 11.3 Å². The van der Waals surface area contributed by atoms with E-state index in [1.54, 1.807) is 11.3 Å². The van der Waals surface area contributed by atoms with Crippen LogP contribution in [0.25, 0.3) is 21.3 Å². The van der Waals surface area contributed by atoms with E-state index in [0.717, 1.165) is 32.7 Å². The fourth-order valence-electron chi connectivity index (χ4n) is 3.13. The predicted molar refractivity (Wildman–Crippen MR) is 116 cm³/mol. The first-order valence-corrected chi connectivity index (χ1v) is 10.7. The monoisotopic (exact) mass is 436 g/mol. The van der Waals surface area contributed by atoms with Crippen molar-refractivity contribution in [3.8, 4) is 11.3 Å². The van der Waals surface area contributed by atoms with Gasteiger partial charge in [0.05, 0.1) is 0 Å². The maximum Gasteiger partial charge on any atom is 0.287 e. The molecule has 0 aliphatic carbocycles. The Kier molecular flexibility index (Phi) is 5.64. The minimum atomic E-state index is -1.09. The van der Waals surface area contributed by atoms with Gasteiger partial charge in [-0.25, -0.2) is 0 Å². The summed E-state index contributed by atoms with van der Waals surface area (Å²) >= 11 is 2.48. The highest BCUT2D eigenvalue weighted by Gasteiger charge is 2.28. The predicted octanol–water partition coefficient (Wildman–Crippen LogP) is 2.82. The van der Waals surface area contributed by atoms with Crippen LogP contribution < -0.4 is 11.1 Å². The number of rotatable bonds is 7. The molecule has 2 aromatic heterocycles. The number of thiophene rings is 1. The lowest BCUT2D eigenvalue weighted by molar-refractivity contribution is -0.137. The molecule has 0 aliphatic rings. The van der Waals surface area contributed by atoms with Gasteiger partial charge in [-0.2, -0.15) is 0 Å². The van der Waals surface area contributed by atoms with E-state index in [1.165, 1.54) is 0 Å². The Balaban J connectivity index is 1.63. The number of benzene rings is 2. The molecule has 1 unspecified atom stereocenters. The van der Waals surface area contributed by atoms with Crippen molar-refractivity contribution in [2.24, 2.45) is 5.73 Å². The van der Waals surface area contributed by atoms with E-state index in [4.69, 9.17) is 5.73 Å². The van der Waals surface area contributed by atoms with Gasteiger partial charge in [0.15, 0.2) is 0 Å². The second-order valence-electron chi connectivity index (χ2n) is 6.54. The summed E-state index contributed by atoms with van der Waals surface area (Å²) in [6, 6.07) is 15.8. The molecule has 1 atom stereocenters. The molecule has 0 saturated carbocycles. The summed E-state index contributed by atoms with van der Waals surface area (Å²) in [7, 11) is 0. The lowest BCUT2D eigenvalue weighted by Gasteiger charge is -2.16. The van der Waals surface area contributed by atoms with Crippen LogP contribution in [0.15, 0.2) is 60.0 Å². The molecule has 7 nitrogen and oxygen atoms in total. The minimum Gasteiger partial charge on any atom is -0.363 e. The maximum absolute atomic E-state index is 13.0. The highest BCUT2D eigenvalue weighted by atomic mass is 32.1. The summed E-state index contributed by atoms with van der Waals surface area (Å²) in [5.74, 6) is -2.47. The van der Waals surface area contributed by atoms with Crippen molar-refractivity contribution in [2.75, 3.05) is 0 Å². The molecule has 2 heterocycles. The largest absolute Gasteiger partial charge is 0.363 e. The lowest BCUT2D eigenvalue weighted by atomic mass is 10.0. The van der Waals surface area contributed by atoms with Gasteiger partial charge in [0.2, 0.25) is 5.78 Å². The van der Waals surface area contributed by atoms with E-state index in [9.17, 15) is 14.4 Å². The number of fused-ring (bicyclic) bond motifs is 1. The minimum absolute atomic E-state index is 0.150. The quantitative estimate of drug-likeness (QED) is 0.432. The second-order valence-corrected chi connectivity index (χ2v) is 8.21. The van der Waals surface area contributed by atoms with E-state index in [0.29, 0.717) is 5.69 Å². The molecule has 3 N–H and O–H groups in total. The molecule has 150 valence electrons. The van der Waals surface area contributed by atoms with E-state index in [2.05, 4.69) is 14.9 Å². The fraction of sp³-hybridized carbons (Fsp3) is 0.0952. The zero-order valence-electron chi connectivity index (χ0n) is 15.6. The standard InChI is InChI=1S/C21H16N4O3S2/c22-20(27)18(26)15(10-12-6-2-1-3-7-12)23-21(28)19-17(24-25-30-19)14-11-29-16-9-5-4-8-13(14)16/h1-9,11,15H,10H2,(H2,22,27)(H,23,28). The summed E-state index contributed by atoms with van der Waals surface area (Å²) < 4.78 is 5.00. The first-order chi connectivity index (χ1) is 14.5. The number of ketones is 1. The van der Waals surface area contributed by atoms with E-state index >= 15 is 0 Å². The van der Waals surface area contributed by atoms with Gasteiger partial charge >= 0.3 is 0 Å². The molecule has 0 bridgehead atoms. The summed E-state index contributed by atoms with van der Waals surface area (Å²) in [5, 5.41) is 9.68. The van der Waals surface area contributed by atoms with Gasteiger partial charge in [-0.05, 0) is 23.2 Å². The molecule has 0 aliphatic heterocycles. The SMILES string of the molecule is NC(=O)C(=O)C(Cc1ccccc1)NC(=O)c1snnc1-c1csc2ccccc12. The zero-order chi connectivity index (χ0) is 21.1. The number of nitrogens with zero attached hydrogens (tertiary/aromatic N) is 2. The Morgan fingerprint density at radius 2 is 1.77 bits per heavy atom. The molecule has 2 amide bonds. The van der Waals surface area contributed by atoms with Crippen molar-refractivity contribution in [2.45, 2.75) is 12.5 Å². The average Bonchev–Trinajstić information content (AvgIpc) is 3.40. The molecular weight excluding hydrogens is 420 g/mol. The van der Waals surface area contributed by atoms with Gasteiger partial charge < -0.3 is 11.1 Å². The van der Waals surface area contributed by atoms with Crippen molar-refractivity contribution in [1.82, 2.24) is 14.9 Å². The van der Waals surface area contributed by atoms with Crippen LogP contribution in [0.5, 0.6) is 0 Å². The Morgan fingerprint density at radius 1 is 1.03 bits per heavy atom. The normalized spacial score (nSPS) is 11.9. The molecule has 0 radical (unpaired) electrons. The molecule has 0 saturated heterocycles. The van der Waals surface area contributed by atoms with Crippen molar-refractivity contribution in [3.63, 3.8) is 0 Å². The third-order valence-corrected chi connectivity index (χ3v) is 6.27. The van der Waals surface area contributed by atoms with Crippen molar-refractivity contribution < 1.29 is 14.4 Å². The van der Waals surface area contributed by atoms with Crippen LogP contribution in [0.4, 0.5) is 0 Å². The fourth-order valence-corrected chi connectivity index (χ4v) is 4.66. The Bertz CT molecular complexity index is 1230. The molecule has 4 rings (SSSR count). The number of primary amides is 1. The number of hydrogen-bond donors (Lipinski definition) is 2. The summed E-state index contributed by atoms with van der Waals surface area (Å²) in [4.78, 5) is 37.1. The molecule has 0 spiro atoms. The third kappa shape index (κ3) is 3.98. The molecular formula is C21H16N4O3S2. The summed E-state index contributed by atoms with van der Waals surface area (Å²) in [5.41, 5.74) is 7.23. The van der Waals surface area contributed by atoms with Crippen LogP contribution >= 0.6 is 22.9 Å². The average molecular weight is 437 g/mol. The Morgan fingerprint density at radius 3 is 2.53 bits per heavy atom. The van der Waals surface area contributed by atoms with Crippen LogP contribution in [0.3, 0.4) is 0 Å². The van der Waals surface area contributed by atoms with Gasteiger partial charge in [-0.3, -0.25) is 14.4 Å². The molecule has 9 heteroatoms. The lowest BCUT2D eigenvalue weighted by Crippen LogP contribution is -2.47. The Labute approximate surface area is 179 Å². The van der Waals surface area contributed by atoms with Crippen molar-refractivity contribution in [3.05, 3.63) is 70.4 Å². The number of nitrogens with one attached hydrogen (secondary N) is 1. The number of amides is 2. The highest BCUT2D eigenvalue weighted by Crippen LogP contribution is 2.35. The maximum atomic E-state index is 13.0. The highest BCUT2D eigenvalue weighted by molar-refractivity contribution is 7.17. The third-order valence-electron chi connectivity index (χ3n) is 4.58. The van der Waals surface area contributed by atoms with Gasteiger partial charge in [0, 0.05) is 27.5 Å². The smallest absolute Gasteiger partial charge is 0.287 e. The van der Waals surface area contributed by atoms with Gasteiger partial charge in [0.25, 0.3) is 11.8 Å². The molecule has 4 aromatic rings. The van der Waals surface area contributed by atoms with Crippen LogP contribution in [-0.4, -0.2) is 33.2 Å². The number of carbonyl (C=O) groups is 3. The van der Waals surface area contributed by atoms with E-state index < -0.39 is 23.6 Å². The van der Waals surface area contributed by atoms with Crippen LogP contribution in [0.1, 0.15) is 15.2 Å². The number of Topliss-reactive ketones (excluding diaryl/α,β-unsaturated/α-hetero) is 1.